The van der Waals surface area contributed by atoms with Gasteiger partial charge in [0.25, 0.3) is 0 Å². The summed E-state index contributed by atoms with van der Waals surface area (Å²) in [5.74, 6) is 0.489. The van der Waals surface area contributed by atoms with Crippen molar-refractivity contribution in [2.75, 3.05) is 6.61 Å². The minimum atomic E-state index is 0.170. The van der Waals surface area contributed by atoms with Crippen molar-refractivity contribution in [2.45, 2.75) is 32.9 Å². The van der Waals surface area contributed by atoms with Crippen LogP contribution >= 0.6 is 0 Å². The summed E-state index contributed by atoms with van der Waals surface area (Å²) in [5.41, 5.74) is 1.05. The monoisotopic (exact) mass is 197 g/mol. The van der Waals surface area contributed by atoms with E-state index in [2.05, 4.69) is 29.1 Å². The van der Waals surface area contributed by atoms with Crippen molar-refractivity contribution in [3.63, 3.8) is 0 Å². The summed E-state index contributed by atoms with van der Waals surface area (Å²) >= 11 is 0. The van der Waals surface area contributed by atoms with Gasteiger partial charge in [-0.25, -0.2) is 4.98 Å². The van der Waals surface area contributed by atoms with Gasteiger partial charge < -0.3 is 15.4 Å². The summed E-state index contributed by atoms with van der Waals surface area (Å²) in [5, 5.41) is 12.5. The summed E-state index contributed by atoms with van der Waals surface area (Å²) < 4.78 is 0. The molecular formula is C10H19N3O. The number of aromatic amines is 1. The second kappa shape index (κ2) is 5.78. The Bertz CT molecular complexity index is 236. The highest BCUT2D eigenvalue weighted by Gasteiger charge is 2.13. The van der Waals surface area contributed by atoms with Crippen LogP contribution in [0.3, 0.4) is 0 Å². The first-order valence-corrected chi connectivity index (χ1v) is 5.09. The predicted molar refractivity (Wildman–Crippen MR) is 55.8 cm³/mol. The predicted octanol–water partition coefficient (Wildman–Crippen LogP) is 0.906. The summed E-state index contributed by atoms with van der Waals surface area (Å²) in [4.78, 5) is 6.95. The quantitative estimate of drug-likeness (QED) is 0.635. The normalized spacial score (nSPS) is 15.4. The van der Waals surface area contributed by atoms with Gasteiger partial charge in [0.05, 0.1) is 12.9 Å². The van der Waals surface area contributed by atoms with E-state index in [9.17, 15) is 0 Å². The first kappa shape index (κ1) is 11.2. The van der Waals surface area contributed by atoms with Crippen LogP contribution in [0.2, 0.25) is 0 Å². The molecule has 0 aliphatic heterocycles. The number of imidazole rings is 1. The lowest BCUT2D eigenvalue weighted by Crippen LogP contribution is -2.37. The average Bonchev–Trinajstić information content (AvgIpc) is 2.71. The molecule has 4 heteroatoms. The summed E-state index contributed by atoms with van der Waals surface area (Å²) in [6.07, 6.45) is 4.52. The van der Waals surface area contributed by atoms with E-state index in [1.165, 1.54) is 0 Å². The zero-order valence-corrected chi connectivity index (χ0v) is 8.83. The average molecular weight is 197 g/mol. The van der Waals surface area contributed by atoms with Crippen LogP contribution < -0.4 is 5.32 Å². The van der Waals surface area contributed by atoms with Crippen LogP contribution in [-0.4, -0.2) is 27.7 Å². The highest BCUT2D eigenvalue weighted by Crippen LogP contribution is 2.07. The fourth-order valence-corrected chi connectivity index (χ4v) is 1.35. The van der Waals surface area contributed by atoms with Gasteiger partial charge in [0, 0.05) is 24.5 Å². The number of hydrogen-bond donors (Lipinski definition) is 3. The molecule has 0 aliphatic rings. The van der Waals surface area contributed by atoms with Crippen molar-refractivity contribution in [3.8, 4) is 0 Å². The minimum absolute atomic E-state index is 0.170. The molecule has 0 saturated carbocycles. The fraction of sp³-hybridized carbons (Fsp3) is 0.700. The molecule has 0 spiro atoms. The number of nitrogens with zero attached hydrogens (tertiary/aromatic N) is 1. The Morgan fingerprint density at radius 3 is 2.93 bits per heavy atom. The number of aliphatic hydroxyl groups is 1. The molecule has 0 radical (unpaired) electrons. The first-order chi connectivity index (χ1) is 6.77. The second-order valence-electron chi connectivity index (χ2n) is 3.63. The third-order valence-corrected chi connectivity index (χ3v) is 2.64. The molecule has 3 N–H and O–H groups in total. The summed E-state index contributed by atoms with van der Waals surface area (Å²) in [6, 6.07) is 0.170. The molecule has 0 bridgehead atoms. The lowest BCUT2D eigenvalue weighted by atomic mass is 10.00. The number of rotatable bonds is 6. The molecule has 0 saturated heterocycles. The van der Waals surface area contributed by atoms with Crippen molar-refractivity contribution >= 4 is 0 Å². The highest BCUT2D eigenvalue weighted by atomic mass is 16.3. The molecule has 1 heterocycles. The van der Waals surface area contributed by atoms with Crippen molar-refractivity contribution in [2.24, 2.45) is 5.92 Å². The molecule has 4 nitrogen and oxygen atoms in total. The molecule has 1 rings (SSSR count). The number of nitrogens with one attached hydrogen (secondary N) is 2. The number of hydrogen-bond acceptors (Lipinski definition) is 3. The van der Waals surface area contributed by atoms with Crippen LogP contribution in [0.1, 0.15) is 26.0 Å². The maximum Gasteiger partial charge on any atom is 0.0922 e. The third kappa shape index (κ3) is 3.12. The maximum atomic E-state index is 9.17. The Labute approximate surface area is 84.8 Å². The van der Waals surface area contributed by atoms with Gasteiger partial charge in [-0.1, -0.05) is 20.3 Å². The van der Waals surface area contributed by atoms with Gasteiger partial charge in [-0.3, -0.25) is 0 Å². The van der Waals surface area contributed by atoms with E-state index in [1.807, 2.05) is 0 Å². The first-order valence-electron chi connectivity index (χ1n) is 5.09. The number of aliphatic hydroxyl groups excluding tert-OH is 1. The van der Waals surface area contributed by atoms with E-state index in [-0.39, 0.29) is 12.6 Å². The maximum absolute atomic E-state index is 9.17. The molecule has 0 aromatic carbocycles. The molecule has 1 aromatic heterocycles. The topological polar surface area (TPSA) is 60.9 Å². The van der Waals surface area contributed by atoms with Crippen molar-refractivity contribution in [1.29, 1.82) is 0 Å². The molecule has 1 aromatic rings. The lowest BCUT2D eigenvalue weighted by molar-refractivity contribution is 0.201. The molecule has 0 fully saturated rings. The van der Waals surface area contributed by atoms with Gasteiger partial charge in [0.1, 0.15) is 0 Å². The molecule has 2 unspecified atom stereocenters. The molecule has 2 atom stereocenters. The molecule has 14 heavy (non-hydrogen) atoms. The van der Waals surface area contributed by atoms with E-state index in [0.717, 1.165) is 18.7 Å². The van der Waals surface area contributed by atoms with Crippen molar-refractivity contribution < 1.29 is 5.11 Å². The SMILES string of the molecule is CCC(C)C(CO)NCc1cnc[nH]1. The zero-order chi connectivity index (χ0) is 10.4. The summed E-state index contributed by atoms with van der Waals surface area (Å²) in [6.45, 7) is 5.19. The Kier molecular flexibility index (Phi) is 4.62. The van der Waals surface area contributed by atoms with Crippen LogP contribution in [0.4, 0.5) is 0 Å². The van der Waals surface area contributed by atoms with Gasteiger partial charge in [-0.2, -0.15) is 0 Å². The zero-order valence-electron chi connectivity index (χ0n) is 8.83. The largest absolute Gasteiger partial charge is 0.395 e. The third-order valence-electron chi connectivity index (χ3n) is 2.64. The molecule has 0 aliphatic carbocycles. The Balaban J connectivity index is 2.34. The van der Waals surface area contributed by atoms with Gasteiger partial charge in [0.15, 0.2) is 0 Å². The standard InChI is InChI=1S/C10H19N3O/c1-3-8(2)10(6-14)12-5-9-4-11-7-13-9/h4,7-8,10,12,14H,3,5-6H2,1-2H3,(H,11,13). The molecule has 80 valence electrons. The van der Waals surface area contributed by atoms with E-state index in [4.69, 9.17) is 5.11 Å². The molecule has 0 amide bonds. The highest BCUT2D eigenvalue weighted by molar-refractivity contribution is 4.94. The lowest BCUT2D eigenvalue weighted by Gasteiger charge is -2.21. The Hall–Kier alpha value is -0.870. The van der Waals surface area contributed by atoms with E-state index < -0.39 is 0 Å². The van der Waals surface area contributed by atoms with Gasteiger partial charge in [-0.05, 0) is 5.92 Å². The molecular weight excluding hydrogens is 178 g/mol. The summed E-state index contributed by atoms with van der Waals surface area (Å²) in [7, 11) is 0. The number of H-pyrrole nitrogens is 1. The van der Waals surface area contributed by atoms with Crippen LogP contribution in [0.25, 0.3) is 0 Å². The van der Waals surface area contributed by atoms with Gasteiger partial charge in [-0.15, -0.1) is 0 Å². The van der Waals surface area contributed by atoms with E-state index >= 15 is 0 Å². The Morgan fingerprint density at radius 1 is 1.64 bits per heavy atom. The second-order valence-corrected chi connectivity index (χ2v) is 3.63. The minimum Gasteiger partial charge on any atom is -0.395 e. The van der Waals surface area contributed by atoms with Crippen LogP contribution in [0.5, 0.6) is 0 Å². The van der Waals surface area contributed by atoms with Crippen LogP contribution in [0.15, 0.2) is 12.5 Å². The fourth-order valence-electron chi connectivity index (χ4n) is 1.35. The smallest absolute Gasteiger partial charge is 0.0922 e. The van der Waals surface area contributed by atoms with E-state index in [0.29, 0.717) is 5.92 Å². The van der Waals surface area contributed by atoms with Crippen LogP contribution in [0, 0.1) is 5.92 Å². The van der Waals surface area contributed by atoms with Crippen molar-refractivity contribution in [1.82, 2.24) is 15.3 Å². The van der Waals surface area contributed by atoms with Gasteiger partial charge in [0.2, 0.25) is 0 Å². The van der Waals surface area contributed by atoms with Crippen LogP contribution in [-0.2, 0) is 6.54 Å². The van der Waals surface area contributed by atoms with E-state index in [1.54, 1.807) is 12.5 Å². The van der Waals surface area contributed by atoms with Crippen molar-refractivity contribution in [3.05, 3.63) is 18.2 Å². The number of aromatic nitrogens is 2. The van der Waals surface area contributed by atoms with Gasteiger partial charge >= 0.3 is 0 Å². The Morgan fingerprint density at radius 2 is 2.43 bits per heavy atom.